The van der Waals surface area contributed by atoms with E-state index < -0.39 is 17.5 Å². The molecule has 2 aromatic carbocycles. The summed E-state index contributed by atoms with van der Waals surface area (Å²) in [5.41, 5.74) is 5.31. The Balaban J connectivity index is 2.27. The second kappa shape index (κ2) is 6.15. The van der Waals surface area contributed by atoms with Gasteiger partial charge in [-0.05, 0) is 36.4 Å². The van der Waals surface area contributed by atoms with Gasteiger partial charge in [0.15, 0.2) is 0 Å². The second-order valence-corrected chi connectivity index (χ2v) is 5.01. The highest BCUT2D eigenvalue weighted by Gasteiger charge is 2.14. The minimum Gasteiger partial charge on any atom is -0.389 e. The summed E-state index contributed by atoms with van der Waals surface area (Å²) in [6.45, 7) is 0. The van der Waals surface area contributed by atoms with Crippen LogP contribution < -0.4 is 11.1 Å². The Hall–Kier alpha value is -2.05. The van der Waals surface area contributed by atoms with Crippen molar-refractivity contribution in [3.8, 4) is 0 Å². The molecule has 2 aromatic rings. The molecule has 0 spiro atoms. The number of thiocarbonyl (C=S) groups is 1. The van der Waals surface area contributed by atoms with Crippen LogP contribution in [0.1, 0.15) is 15.9 Å². The Kier molecular flexibility index (Phi) is 4.50. The van der Waals surface area contributed by atoms with E-state index in [0.29, 0.717) is 5.56 Å². The minimum absolute atomic E-state index is 0.0349. The van der Waals surface area contributed by atoms with E-state index >= 15 is 0 Å². The van der Waals surface area contributed by atoms with E-state index in [-0.39, 0.29) is 21.3 Å². The van der Waals surface area contributed by atoms with Gasteiger partial charge in [-0.25, -0.2) is 8.78 Å². The monoisotopic (exact) mass is 326 g/mol. The summed E-state index contributed by atoms with van der Waals surface area (Å²) >= 11 is 10.4. The molecule has 0 aliphatic rings. The van der Waals surface area contributed by atoms with Crippen LogP contribution in [0.4, 0.5) is 14.5 Å². The number of rotatable bonds is 3. The van der Waals surface area contributed by atoms with E-state index in [0.717, 1.165) is 18.2 Å². The molecule has 0 radical (unpaired) electrons. The van der Waals surface area contributed by atoms with Crippen molar-refractivity contribution in [1.82, 2.24) is 0 Å². The van der Waals surface area contributed by atoms with Gasteiger partial charge in [-0.2, -0.15) is 0 Å². The van der Waals surface area contributed by atoms with E-state index in [1.807, 2.05) is 0 Å². The van der Waals surface area contributed by atoms with Gasteiger partial charge in [0.1, 0.15) is 16.6 Å². The Morgan fingerprint density at radius 3 is 2.48 bits per heavy atom. The summed E-state index contributed by atoms with van der Waals surface area (Å²) in [4.78, 5) is 12.0. The quantitative estimate of drug-likeness (QED) is 0.849. The standard InChI is InChI=1S/C14H9ClF2N2OS/c15-8-2-3-10(16)9(6-8)14(20)19-12-4-1-7(13(18)21)5-11(12)17/h1-6H,(H2,18,21)(H,19,20). The molecule has 3 N–H and O–H groups in total. The maximum Gasteiger partial charge on any atom is 0.258 e. The lowest BCUT2D eigenvalue weighted by atomic mass is 10.1. The summed E-state index contributed by atoms with van der Waals surface area (Å²) in [5, 5.41) is 2.46. The highest BCUT2D eigenvalue weighted by atomic mass is 35.5. The number of nitrogens with one attached hydrogen (secondary N) is 1. The molecule has 0 unspecified atom stereocenters. The number of amides is 1. The van der Waals surface area contributed by atoms with Crippen molar-refractivity contribution in [1.29, 1.82) is 0 Å². The lowest BCUT2D eigenvalue weighted by Crippen LogP contribution is -2.16. The molecule has 0 bridgehead atoms. The van der Waals surface area contributed by atoms with Crippen LogP contribution in [0.25, 0.3) is 0 Å². The van der Waals surface area contributed by atoms with Crippen LogP contribution in [-0.4, -0.2) is 10.9 Å². The van der Waals surface area contributed by atoms with Crippen molar-refractivity contribution in [2.75, 3.05) is 5.32 Å². The van der Waals surface area contributed by atoms with Gasteiger partial charge in [0.25, 0.3) is 5.91 Å². The van der Waals surface area contributed by atoms with Crippen molar-refractivity contribution in [3.63, 3.8) is 0 Å². The second-order valence-electron chi connectivity index (χ2n) is 4.14. The number of hydrogen-bond acceptors (Lipinski definition) is 2. The van der Waals surface area contributed by atoms with Crippen LogP contribution in [0.3, 0.4) is 0 Å². The molecule has 0 aliphatic carbocycles. The zero-order chi connectivity index (χ0) is 15.6. The zero-order valence-electron chi connectivity index (χ0n) is 10.5. The number of anilines is 1. The lowest BCUT2D eigenvalue weighted by molar-refractivity contribution is 0.102. The van der Waals surface area contributed by atoms with Crippen LogP contribution in [0.15, 0.2) is 36.4 Å². The van der Waals surface area contributed by atoms with Gasteiger partial charge in [0.2, 0.25) is 0 Å². The Labute approximate surface area is 129 Å². The van der Waals surface area contributed by atoms with Crippen LogP contribution in [-0.2, 0) is 0 Å². The number of carbonyl (C=O) groups excluding carboxylic acids is 1. The summed E-state index contributed by atoms with van der Waals surface area (Å²) in [7, 11) is 0. The summed E-state index contributed by atoms with van der Waals surface area (Å²) in [6, 6.07) is 7.37. The molecule has 3 nitrogen and oxygen atoms in total. The third kappa shape index (κ3) is 3.53. The summed E-state index contributed by atoms with van der Waals surface area (Å²) in [6.07, 6.45) is 0. The zero-order valence-corrected chi connectivity index (χ0v) is 12.1. The van der Waals surface area contributed by atoms with Crippen molar-refractivity contribution >= 4 is 40.4 Å². The molecule has 0 heterocycles. The fraction of sp³-hybridized carbons (Fsp3) is 0. The minimum atomic E-state index is -0.808. The molecule has 0 saturated heterocycles. The first-order valence-corrected chi connectivity index (χ1v) is 6.53. The van der Waals surface area contributed by atoms with Crippen LogP contribution in [0, 0.1) is 11.6 Å². The maximum atomic E-state index is 13.8. The molecule has 2 rings (SSSR count). The number of carbonyl (C=O) groups is 1. The Bertz CT molecular complexity index is 737. The van der Waals surface area contributed by atoms with Gasteiger partial charge in [-0.3, -0.25) is 4.79 Å². The first-order chi connectivity index (χ1) is 9.88. The fourth-order valence-electron chi connectivity index (χ4n) is 1.63. The normalized spacial score (nSPS) is 10.2. The van der Waals surface area contributed by atoms with Crippen LogP contribution in [0.5, 0.6) is 0 Å². The predicted molar refractivity (Wildman–Crippen MR) is 81.7 cm³/mol. The maximum absolute atomic E-state index is 13.8. The largest absolute Gasteiger partial charge is 0.389 e. The molecule has 21 heavy (non-hydrogen) atoms. The van der Waals surface area contributed by atoms with Crippen molar-refractivity contribution in [3.05, 3.63) is 64.2 Å². The molecule has 0 aromatic heterocycles. The van der Waals surface area contributed by atoms with Crippen LogP contribution >= 0.6 is 23.8 Å². The molecule has 0 aliphatic heterocycles. The predicted octanol–water partition coefficient (Wildman–Crippen LogP) is 3.50. The average molecular weight is 327 g/mol. The van der Waals surface area contributed by atoms with Gasteiger partial charge in [-0.15, -0.1) is 0 Å². The SMILES string of the molecule is NC(=S)c1ccc(NC(=O)c2cc(Cl)ccc2F)c(F)c1. The highest BCUT2D eigenvalue weighted by Crippen LogP contribution is 2.19. The topological polar surface area (TPSA) is 55.1 Å². The van der Waals surface area contributed by atoms with Crippen molar-refractivity contribution in [2.24, 2.45) is 5.73 Å². The van der Waals surface area contributed by atoms with Gasteiger partial charge >= 0.3 is 0 Å². The number of hydrogen-bond donors (Lipinski definition) is 2. The fourth-order valence-corrected chi connectivity index (χ4v) is 1.93. The van der Waals surface area contributed by atoms with E-state index in [1.165, 1.54) is 18.2 Å². The van der Waals surface area contributed by atoms with E-state index in [1.54, 1.807) is 0 Å². The Morgan fingerprint density at radius 1 is 1.14 bits per heavy atom. The molecule has 0 atom stereocenters. The van der Waals surface area contributed by atoms with E-state index in [9.17, 15) is 13.6 Å². The molecule has 1 amide bonds. The van der Waals surface area contributed by atoms with E-state index in [2.05, 4.69) is 5.32 Å². The molecular formula is C14H9ClF2N2OS. The van der Waals surface area contributed by atoms with Gasteiger partial charge in [-0.1, -0.05) is 23.8 Å². The molecular weight excluding hydrogens is 318 g/mol. The first-order valence-electron chi connectivity index (χ1n) is 5.74. The molecule has 0 fully saturated rings. The molecule has 0 saturated carbocycles. The summed E-state index contributed by atoms with van der Waals surface area (Å²) < 4.78 is 27.4. The Morgan fingerprint density at radius 2 is 1.86 bits per heavy atom. The number of nitrogens with two attached hydrogens (primary N) is 1. The molecule has 7 heteroatoms. The van der Waals surface area contributed by atoms with Crippen molar-refractivity contribution in [2.45, 2.75) is 0 Å². The smallest absolute Gasteiger partial charge is 0.258 e. The lowest BCUT2D eigenvalue weighted by Gasteiger charge is -2.08. The van der Waals surface area contributed by atoms with Crippen LogP contribution in [0.2, 0.25) is 5.02 Å². The van der Waals surface area contributed by atoms with Crippen molar-refractivity contribution < 1.29 is 13.6 Å². The average Bonchev–Trinajstić information content (AvgIpc) is 2.43. The summed E-state index contributed by atoms with van der Waals surface area (Å²) in [5.74, 6) is -2.29. The van der Waals surface area contributed by atoms with Gasteiger partial charge in [0, 0.05) is 10.6 Å². The third-order valence-electron chi connectivity index (χ3n) is 2.67. The first kappa shape index (κ1) is 15.3. The van der Waals surface area contributed by atoms with E-state index in [4.69, 9.17) is 29.6 Å². The van der Waals surface area contributed by atoms with Gasteiger partial charge in [0.05, 0.1) is 11.3 Å². The number of benzene rings is 2. The third-order valence-corrected chi connectivity index (χ3v) is 3.15. The number of halogens is 3. The molecule has 108 valence electrons. The highest BCUT2D eigenvalue weighted by molar-refractivity contribution is 7.80. The van der Waals surface area contributed by atoms with Gasteiger partial charge < -0.3 is 11.1 Å².